The van der Waals surface area contributed by atoms with E-state index in [1.807, 2.05) is 0 Å². The Morgan fingerprint density at radius 3 is 2.29 bits per heavy atom. The van der Waals surface area contributed by atoms with Gasteiger partial charge in [0, 0.05) is 0 Å². The molecule has 0 aliphatic rings. The van der Waals surface area contributed by atoms with Gasteiger partial charge in [0.15, 0.2) is 0 Å². The van der Waals surface area contributed by atoms with Gasteiger partial charge in [-0.15, -0.1) is 0 Å². The molecule has 0 saturated heterocycles. The summed E-state index contributed by atoms with van der Waals surface area (Å²) in [5.41, 5.74) is 1.61. The summed E-state index contributed by atoms with van der Waals surface area (Å²) in [4.78, 5) is 0. The molecule has 0 saturated carbocycles. The molecule has 0 aliphatic heterocycles. The van der Waals surface area contributed by atoms with Gasteiger partial charge in [-0.1, -0.05) is 58.6 Å². The third kappa shape index (κ3) is 4.83. The van der Waals surface area contributed by atoms with Crippen LogP contribution in [0.25, 0.3) is 0 Å². The first-order chi connectivity index (χ1) is 6.67. The van der Waals surface area contributed by atoms with Crippen LogP contribution in [0, 0.1) is 11.8 Å². The average Bonchev–Trinajstić information content (AvgIpc) is 2.16. The first-order valence-corrected chi connectivity index (χ1v) is 6.33. The maximum absolute atomic E-state index is 2.41. The highest BCUT2D eigenvalue weighted by Crippen LogP contribution is 2.27. The lowest BCUT2D eigenvalue weighted by molar-refractivity contribution is 0.364. The Bertz CT molecular complexity index is 155. The SMILES string of the molecule is CCC=C(C)C(CC)C(C)CCCC. The summed E-state index contributed by atoms with van der Waals surface area (Å²) in [6.45, 7) is 11.5. The maximum atomic E-state index is 2.41. The Balaban J connectivity index is 4.17. The molecule has 0 aliphatic carbocycles. The van der Waals surface area contributed by atoms with Gasteiger partial charge in [-0.3, -0.25) is 0 Å². The van der Waals surface area contributed by atoms with Crippen LogP contribution in [0.4, 0.5) is 0 Å². The third-order valence-corrected chi connectivity index (χ3v) is 3.25. The predicted molar refractivity (Wildman–Crippen MR) is 66.5 cm³/mol. The molecule has 2 atom stereocenters. The number of allylic oxidation sites excluding steroid dienone is 2. The van der Waals surface area contributed by atoms with Gasteiger partial charge in [0.05, 0.1) is 0 Å². The van der Waals surface area contributed by atoms with Crippen molar-refractivity contribution in [3.05, 3.63) is 11.6 Å². The molecule has 0 aromatic carbocycles. The fourth-order valence-corrected chi connectivity index (χ4v) is 2.37. The molecule has 0 nitrogen and oxygen atoms in total. The summed E-state index contributed by atoms with van der Waals surface area (Å²) < 4.78 is 0. The normalized spacial score (nSPS) is 16.8. The topological polar surface area (TPSA) is 0 Å². The van der Waals surface area contributed by atoms with Gasteiger partial charge in [0.25, 0.3) is 0 Å². The van der Waals surface area contributed by atoms with Crippen LogP contribution in [0.15, 0.2) is 11.6 Å². The first-order valence-electron chi connectivity index (χ1n) is 6.33. The number of rotatable bonds is 7. The Morgan fingerprint density at radius 2 is 1.86 bits per heavy atom. The molecule has 0 heteroatoms. The van der Waals surface area contributed by atoms with Crippen molar-refractivity contribution >= 4 is 0 Å². The summed E-state index contributed by atoms with van der Waals surface area (Å²) in [5.74, 6) is 1.68. The van der Waals surface area contributed by atoms with Gasteiger partial charge < -0.3 is 0 Å². The zero-order chi connectivity index (χ0) is 11.0. The Labute approximate surface area is 90.8 Å². The van der Waals surface area contributed by atoms with E-state index in [9.17, 15) is 0 Å². The van der Waals surface area contributed by atoms with Gasteiger partial charge in [0.2, 0.25) is 0 Å². The fourth-order valence-electron chi connectivity index (χ4n) is 2.37. The predicted octanol–water partition coefficient (Wildman–Crippen LogP) is 5.20. The second-order valence-corrected chi connectivity index (χ2v) is 4.49. The van der Waals surface area contributed by atoms with Crippen LogP contribution < -0.4 is 0 Å². The maximum Gasteiger partial charge on any atom is -0.0183 e. The van der Waals surface area contributed by atoms with Crippen molar-refractivity contribution in [2.45, 2.75) is 66.7 Å². The molecule has 0 radical (unpaired) electrons. The van der Waals surface area contributed by atoms with Crippen molar-refractivity contribution < 1.29 is 0 Å². The van der Waals surface area contributed by atoms with Crippen LogP contribution in [0.3, 0.4) is 0 Å². The largest absolute Gasteiger partial charge is 0.0856 e. The molecule has 0 fully saturated rings. The van der Waals surface area contributed by atoms with Gasteiger partial charge in [-0.25, -0.2) is 0 Å². The van der Waals surface area contributed by atoms with E-state index >= 15 is 0 Å². The molecule has 0 rings (SSSR count). The van der Waals surface area contributed by atoms with Crippen LogP contribution >= 0.6 is 0 Å². The Kier molecular flexibility index (Phi) is 7.93. The van der Waals surface area contributed by atoms with Crippen molar-refractivity contribution in [3.63, 3.8) is 0 Å². The Morgan fingerprint density at radius 1 is 1.21 bits per heavy atom. The second-order valence-electron chi connectivity index (χ2n) is 4.49. The molecular weight excluding hydrogens is 168 g/mol. The molecule has 0 aromatic rings. The van der Waals surface area contributed by atoms with Crippen LogP contribution in [0.2, 0.25) is 0 Å². The highest BCUT2D eigenvalue weighted by molar-refractivity contribution is 5.04. The molecular formula is C14H28. The summed E-state index contributed by atoms with van der Waals surface area (Å²) >= 11 is 0. The monoisotopic (exact) mass is 196 g/mol. The summed E-state index contributed by atoms with van der Waals surface area (Å²) in [6, 6.07) is 0. The fraction of sp³-hybridized carbons (Fsp3) is 0.857. The molecule has 0 bridgehead atoms. The van der Waals surface area contributed by atoms with E-state index in [0.29, 0.717) is 0 Å². The van der Waals surface area contributed by atoms with E-state index in [0.717, 1.165) is 11.8 Å². The van der Waals surface area contributed by atoms with Gasteiger partial charge in [-0.05, 0) is 31.6 Å². The molecule has 0 aromatic heterocycles. The van der Waals surface area contributed by atoms with E-state index in [4.69, 9.17) is 0 Å². The average molecular weight is 196 g/mol. The van der Waals surface area contributed by atoms with Crippen LogP contribution in [-0.4, -0.2) is 0 Å². The van der Waals surface area contributed by atoms with E-state index in [1.54, 1.807) is 5.57 Å². The lowest BCUT2D eigenvalue weighted by Gasteiger charge is -2.23. The summed E-state index contributed by atoms with van der Waals surface area (Å²) in [5, 5.41) is 0. The molecule has 14 heavy (non-hydrogen) atoms. The van der Waals surface area contributed by atoms with Crippen molar-refractivity contribution in [1.82, 2.24) is 0 Å². The van der Waals surface area contributed by atoms with Crippen LogP contribution in [0.1, 0.15) is 66.7 Å². The van der Waals surface area contributed by atoms with Crippen LogP contribution in [-0.2, 0) is 0 Å². The van der Waals surface area contributed by atoms with Crippen LogP contribution in [0.5, 0.6) is 0 Å². The second kappa shape index (κ2) is 8.08. The molecule has 0 N–H and O–H groups in total. The van der Waals surface area contributed by atoms with Crippen molar-refractivity contribution in [2.24, 2.45) is 11.8 Å². The van der Waals surface area contributed by atoms with E-state index in [1.165, 1.54) is 32.1 Å². The van der Waals surface area contributed by atoms with E-state index in [2.05, 4.69) is 40.7 Å². The lowest BCUT2D eigenvalue weighted by Crippen LogP contribution is -2.12. The summed E-state index contributed by atoms with van der Waals surface area (Å²) in [6.07, 6.45) is 8.99. The highest BCUT2D eigenvalue weighted by atomic mass is 14.2. The molecule has 2 unspecified atom stereocenters. The molecule has 0 amide bonds. The van der Waals surface area contributed by atoms with Gasteiger partial charge in [-0.2, -0.15) is 0 Å². The zero-order valence-corrected chi connectivity index (χ0v) is 10.8. The van der Waals surface area contributed by atoms with E-state index in [-0.39, 0.29) is 0 Å². The van der Waals surface area contributed by atoms with Crippen molar-refractivity contribution in [3.8, 4) is 0 Å². The van der Waals surface area contributed by atoms with Crippen molar-refractivity contribution in [1.29, 1.82) is 0 Å². The van der Waals surface area contributed by atoms with Crippen molar-refractivity contribution in [2.75, 3.05) is 0 Å². The smallest absolute Gasteiger partial charge is 0.0183 e. The zero-order valence-electron chi connectivity index (χ0n) is 10.8. The van der Waals surface area contributed by atoms with Gasteiger partial charge >= 0.3 is 0 Å². The lowest BCUT2D eigenvalue weighted by atomic mass is 9.82. The Hall–Kier alpha value is -0.260. The number of hydrogen-bond acceptors (Lipinski definition) is 0. The molecule has 84 valence electrons. The number of unbranched alkanes of at least 4 members (excludes halogenated alkanes) is 1. The minimum Gasteiger partial charge on any atom is -0.0856 e. The minimum atomic E-state index is 0.821. The van der Waals surface area contributed by atoms with E-state index < -0.39 is 0 Å². The standard InChI is InChI=1S/C14H28/c1-6-9-11-13(5)14(8-3)12(4)10-7-2/h10,13-14H,6-9,11H2,1-5H3. The summed E-state index contributed by atoms with van der Waals surface area (Å²) in [7, 11) is 0. The molecule has 0 spiro atoms. The quantitative estimate of drug-likeness (QED) is 0.491. The molecule has 0 heterocycles. The first kappa shape index (κ1) is 13.7. The minimum absolute atomic E-state index is 0.821. The van der Waals surface area contributed by atoms with Gasteiger partial charge in [0.1, 0.15) is 0 Å². The third-order valence-electron chi connectivity index (χ3n) is 3.25. The number of hydrogen-bond donors (Lipinski definition) is 0. The highest BCUT2D eigenvalue weighted by Gasteiger charge is 2.15.